The molecule has 136 valence electrons. The molecule has 1 aromatic heterocycles. The highest BCUT2D eigenvalue weighted by molar-refractivity contribution is 5.59. The highest BCUT2D eigenvalue weighted by atomic mass is 16.5. The van der Waals surface area contributed by atoms with Crippen molar-refractivity contribution < 1.29 is 14.2 Å². The second kappa shape index (κ2) is 6.30. The van der Waals surface area contributed by atoms with E-state index < -0.39 is 5.92 Å². The van der Waals surface area contributed by atoms with Crippen LogP contribution in [0.1, 0.15) is 43.5 Å². The summed E-state index contributed by atoms with van der Waals surface area (Å²) in [6.07, 6.45) is 0. The molecule has 0 spiro atoms. The lowest BCUT2D eigenvalue weighted by atomic mass is 9.78. The van der Waals surface area contributed by atoms with Gasteiger partial charge in [-0.25, -0.2) is 0 Å². The van der Waals surface area contributed by atoms with Crippen LogP contribution in [0.4, 0.5) is 0 Å². The molecule has 1 aromatic carbocycles. The minimum absolute atomic E-state index is 0.0508. The first-order valence-electron chi connectivity index (χ1n) is 8.20. The molecule has 0 saturated heterocycles. The number of nitriles is 1. The maximum atomic E-state index is 9.75. The quantitative estimate of drug-likeness (QED) is 0.878. The smallest absolute Gasteiger partial charge is 0.244 e. The fourth-order valence-corrected chi connectivity index (χ4v) is 3.18. The molecule has 1 atom stereocenters. The number of aromatic nitrogens is 2. The third-order valence-corrected chi connectivity index (χ3v) is 4.44. The summed E-state index contributed by atoms with van der Waals surface area (Å²) in [5.41, 5.74) is 8.59. The summed E-state index contributed by atoms with van der Waals surface area (Å²) in [7, 11) is 3.17. The van der Waals surface area contributed by atoms with Crippen molar-refractivity contribution in [3.63, 3.8) is 0 Å². The first-order chi connectivity index (χ1) is 12.3. The van der Waals surface area contributed by atoms with E-state index in [2.05, 4.69) is 37.0 Å². The second-order valence-corrected chi connectivity index (χ2v) is 7.10. The molecule has 26 heavy (non-hydrogen) atoms. The summed E-state index contributed by atoms with van der Waals surface area (Å²) >= 11 is 0. The average molecular weight is 354 g/mol. The number of nitrogens with one attached hydrogen (secondary N) is 1. The second-order valence-electron chi connectivity index (χ2n) is 7.10. The molecule has 0 aliphatic carbocycles. The molecule has 0 radical (unpaired) electrons. The highest BCUT2D eigenvalue weighted by Gasteiger charge is 2.39. The van der Waals surface area contributed by atoms with Gasteiger partial charge in [0.1, 0.15) is 23.1 Å². The van der Waals surface area contributed by atoms with Gasteiger partial charge in [-0.1, -0.05) is 26.8 Å². The van der Waals surface area contributed by atoms with E-state index in [9.17, 15) is 5.26 Å². The van der Waals surface area contributed by atoms with Crippen molar-refractivity contribution in [1.82, 2.24) is 10.2 Å². The molecule has 7 nitrogen and oxygen atoms in total. The Hall–Kier alpha value is -3.14. The number of ether oxygens (including phenoxy) is 3. The number of H-pyrrole nitrogens is 1. The van der Waals surface area contributed by atoms with Crippen LogP contribution in [0.3, 0.4) is 0 Å². The fourth-order valence-electron chi connectivity index (χ4n) is 3.18. The van der Waals surface area contributed by atoms with Crippen LogP contribution in [0.2, 0.25) is 0 Å². The van der Waals surface area contributed by atoms with Gasteiger partial charge in [0, 0.05) is 22.7 Å². The molecule has 3 rings (SSSR count). The molecule has 0 saturated carbocycles. The summed E-state index contributed by atoms with van der Waals surface area (Å²) < 4.78 is 16.5. The minimum atomic E-state index is -0.447. The molecule has 7 heteroatoms. The van der Waals surface area contributed by atoms with Crippen LogP contribution in [0, 0.1) is 11.3 Å². The van der Waals surface area contributed by atoms with E-state index >= 15 is 0 Å². The first kappa shape index (κ1) is 17.7. The number of hydrogen-bond donors (Lipinski definition) is 2. The van der Waals surface area contributed by atoms with Crippen LogP contribution in [-0.2, 0) is 5.41 Å². The molecule has 1 aliphatic heterocycles. The highest BCUT2D eigenvalue weighted by Crippen LogP contribution is 2.48. The molecular formula is C19H22N4O3. The lowest BCUT2D eigenvalue weighted by Gasteiger charge is -2.28. The Balaban J connectivity index is 2.30. The standard InChI is InChI=1S/C19H22N4O3/c1-19(2,3)16-15-14(11-7-6-10(24-4)8-13(11)25-5)12(9-20)17(21)26-18(15)23-22-16/h6-8,14H,21H2,1-5H3,(H,22,23)/t14-/m1/s1. The van der Waals surface area contributed by atoms with E-state index in [0.29, 0.717) is 23.0 Å². The number of benzene rings is 1. The predicted molar refractivity (Wildman–Crippen MR) is 96.1 cm³/mol. The van der Waals surface area contributed by atoms with Gasteiger partial charge < -0.3 is 19.9 Å². The van der Waals surface area contributed by atoms with E-state index in [1.165, 1.54) is 0 Å². The van der Waals surface area contributed by atoms with Gasteiger partial charge in [0.15, 0.2) is 0 Å². The van der Waals surface area contributed by atoms with Crippen LogP contribution in [-0.4, -0.2) is 24.4 Å². The zero-order valence-electron chi connectivity index (χ0n) is 15.5. The lowest BCUT2D eigenvalue weighted by Crippen LogP contribution is -2.24. The third kappa shape index (κ3) is 2.73. The number of nitrogens with two attached hydrogens (primary N) is 1. The van der Waals surface area contributed by atoms with Crippen molar-refractivity contribution in [2.45, 2.75) is 32.1 Å². The number of nitrogens with zero attached hydrogens (tertiary/aromatic N) is 2. The topological polar surface area (TPSA) is 106 Å². The molecule has 0 bridgehead atoms. The number of fused-ring (bicyclic) bond motifs is 1. The first-order valence-corrected chi connectivity index (χ1v) is 8.20. The van der Waals surface area contributed by atoms with Gasteiger partial charge in [-0.3, -0.25) is 5.10 Å². The van der Waals surface area contributed by atoms with E-state index in [0.717, 1.165) is 16.8 Å². The molecule has 2 aromatic rings. The Kier molecular flexibility index (Phi) is 4.28. The molecule has 0 fully saturated rings. The Morgan fingerprint density at radius 3 is 2.58 bits per heavy atom. The molecule has 3 N–H and O–H groups in total. The number of rotatable bonds is 3. The maximum absolute atomic E-state index is 9.75. The Bertz CT molecular complexity index is 916. The van der Waals surface area contributed by atoms with Crippen LogP contribution in [0.15, 0.2) is 29.7 Å². The summed E-state index contributed by atoms with van der Waals surface area (Å²) in [5, 5.41) is 17.1. The van der Waals surface area contributed by atoms with Crippen molar-refractivity contribution in [2.75, 3.05) is 14.2 Å². The van der Waals surface area contributed by atoms with Crippen LogP contribution in [0.25, 0.3) is 0 Å². The number of allylic oxidation sites excluding steroid dienone is 1. The normalized spacial score (nSPS) is 16.5. The Morgan fingerprint density at radius 1 is 1.27 bits per heavy atom. The molecule has 1 aliphatic rings. The lowest BCUT2D eigenvalue weighted by molar-refractivity contribution is 0.372. The Morgan fingerprint density at radius 2 is 2.00 bits per heavy atom. The minimum Gasteiger partial charge on any atom is -0.497 e. The van der Waals surface area contributed by atoms with Gasteiger partial charge in [-0.15, -0.1) is 5.10 Å². The van der Waals surface area contributed by atoms with E-state index in [-0.39, 0.29) is 11.3 Å². The van der Waals surface area contributed by atoms with Crippen molar-refractivity contribution in [2.24, 2.45) is 5.73 Å². The zero-order chi connectivity index (χ0) is 19.1. The van der Waals surface area contributed by atoms with E-state index in [1.54, 1.807) is 20.3 Å². The van der Waals surface area contributed by atoms with Gasteiger partial charge in [0.2, 0.25) is 11.8 Å². The fraction of sp³-hybridized carbons (Fsp3) is 0.368. The van der Waals surface area contributed by atoms with Crippen LogP contribution >= 0.6 is 0 Å². The maximum Gasteiger partial charge on any atom is 0.244 e. The van der Waals surface area contributed by atoms with Crippen molar-refractivity contribution in [1.29, 1.82) is 5.26 Å². The van der Waals surface area contributed by atoms with Crippen molar-refractivity contribution in [3.05, 3.63) is 46.5 Å². The summed E-state index contributed by atoms with van der Waals surface area (Å²) in [5.74, 6) is 1.25. The van der Waals surface area contributed by atoms with Crippen LogP contribution in [0.5, 0.6) is 17.4 Å². The van der Waals surface area contributed by atoms with Gasteiger partial charge >= 0.3 is 0 Å². The van der Waals surface area contributed by atoms with Crippen molar-refractivity contribution in [3.8, 4) is 23.4 Å². The average Bonchev–Trinajstić information content (AvgIpc) is 3.03. The molecular weight excluding hydrogens is 332 g/mol. The monoisotopic (exact) mass is 354 g/mol. The van der Waals surface area contributed by atoms with Gasteiger partial charge in [-0.2, -0.15) is 5.26 Å². The summed E-state index contributed by atoms with van der Waals surface area (Å²) in [6.45, 7) is 6.20. The Labute approximate surface area is 152 Å². The van der Waals surface area contributed by atoms with E-state index in [1.807, 2.05) is 12.1 Å². The van der Waals surface area contributed by atoms with Gasteiger partial charge in [0.05, 0.1) is 25.7 Å². The number of methoxy groups -OCH3 is 2. The number of aromatic amines is 1. The summed E-state index contributed by atoms with van der Waals surface area (Å²) in [4.78, 5) is 0. The van der Waals surface area contributed by atoms with Crippen LogP contribution < -0.4 is 19.9 Å². The van der Waals surface area contributed by atoms with Gasteiger partial charge in [0.25, 0.3) is 0 Å². The predicted octanol–water partition coefficient (Wildman–Crippen LogP) is 2.94. The number of hydrogen-bond acceptors (Lipinski definition) is 6. The van der Waals surface area contributed by atoms with Gasteiger partial charge in [-0.05, 0) is 6.07 Å². The summed E-state index contributed by atoms with van der Waals surface area (Å²) in [6, 6.07) is 7.68. The third-order valence-electron chi connectivity index (χ3n) is 4.44. The van der Waals surface area contributed by atoms with Crippen molar-refractivity contribution >= 4 is 0 Å². The zero-order valence-corrected chi connectivity index (χ0v) is 15.5. The molecule has 0 amide bonds. The van der Waals surface area contributed by atoms with E-state index in [4.69, 9.17) is 19.9 Å². The molecule has 2 heterocycles. The molecule has 0 unspecified atom stereocenters. The largest absolute Gasteiger partial charge is 0.497 e. The SMILES string of the molecule is COc1ccc([C@@H]2C(C#N)=C(N)Oc3n[nH]c(C(C)(C)C)c32)c(OC)c1.